The number of nitrogens with zero attached hydrogens (tertiary/aromatic N) is 2. The lowest BCUT2D eigenvalue weighted by Crippen LogP contribution is -2.17. The predicted molar refractivity (Wildman–Crippen MR) is 106 cm³/mol. The van der Waals surface area contributed by atoms with Crippen LogP contribution in [0.15, 0.2) is 71.9 Å². The summed E-state index contributed by atoms with van der Waals surface area (Å²) in [7, 11) is -3.50. The average molecular weight is 399 g/mol. The van der Waals surface area contributed by atoms with Gasteiger partial charge in [0, 0.05) is 24.1 Å². The first kappa shape index (κ1) is 19.6. The maximum absolute atomic E-state index is 12.7. The standard InChI is InChI=1S/C20H21N3O4S/c1-2-28(25,26)19-10-4-3-9-18(19)20(24)22-16-7-5-8-17(15-16)27-14-13-23-12-6-11-21-23/h3-12,15H,2,13-14H2,1H3,(H,22,24). The van der Waals surface area contributed by atoms with Crippen molar-refractivity contribution in [2.75, 3.05) is 17.7 Å². The third-order valence-electron chi connectivity index (χ3n) is 4.09. The van der Waals surface area contributed by atoms with E-state index in [1.807, 2.05) is 12.3 Å². The molecule has 2 aromatic carbocycles. The summed E-state index contributed by atoms with van der Waals surface area (Å²) in [6.07, 6.45) is 3.55. The Hall–Kier alpha value is -3.13. The fraction of sp³-hybridized carbons (Fsp3) is 0.200. The number of carbonyl (C=O) groups is 1. The lowest BCUT2D eigenvalue weighted by Gasteiger charge is -2.11. The van der Waals surface area contributed by atoms with E-state index in [1.54, 1.807) is 54.2 Å². The Balaban J connectivity index is 1.70. The van der Waals surface area contributed by atoms with Crippen molar-refractivity contribution in [2.45, 2.75) is 18.4 Å². The van der Waals surface area contributed by atoms with E-state index < -0.39 is 15.7 Å². The summed E-state index contributed by atoms with van der Waals surface area (Å²) in [5, 5.41) is 6.84. The smallest absolute Gasteiger partial charge is 0.256 e. The molecule has 0 aliphatic heterocycles. The van der Waals surface area contributed by atoms with Crippen molar-refractivity contribution in [3.8, 4) is 5.75 Å². The quantitative estimate of drug-likeness (QED) is 0.629. The highest BCUT2D eigenvalue weighted by Gasteiger charge is 2.20. The largest absolute Gasteiger partial charge is 0.492 e. The van der Waals surface area contributed by atoms with Crippen molar-refractivity contribution in [3.63, 3.8) is 0 Å². The highest BCUT2D eigenvalue weighted by Crippen LogP contribution is 2.21. The maximum atomic E-state index is 12.7. The van der Waals surface area contributed by atoms with Gasteiger partial charge >= 0.3 is 0 Å². The summed E-state index contributed by atoms with van der Waals surface area (Å²) in [6.45, 7) is 2.58. The molecule has 0 aliphatic rings. The molecule has 0 atom stereocenters. The van der Waals surface area contributed by atoms with Crippen molar-refractivity contribution < 1.29 is 17.9 Å². The number of hydrogen-bond acceptors (Lipinski definition) is 5. The van der Waals surface area contributed by atoms with Gasteiger partial charge in [-0.1, -0.05) is 25.1 Å². The zero-order chi connectivity index (χ0) is 20.0. The van der Waals surface area contributed by atoms with E-state index >= 15 is 0 Å². The number of sulfone groups is 1. The Morgan fingerprint density at radius 3 is 2.71 bits per heavy atom. The Kier molecular flexibility index (Phi) is 6.10. The molecule has 0 saturated carbocycles. The molecule has 1 N–H and O–H groups in total. The lowest BCUT2D eigenvalue weighted by molar-refractivity contribution is 0.102. The van der Waals surface area contributed by atoms with Crippen LogP contribution < -0.4 is 10.1 Å². The van der Waals surface area contributed by atoms with Crippen LogP contribution in [0, 0.1) is 0 Å². The minimum atomic E-state index is -3.50. The van der Waals surface area contributed by atoms with Crippen molar-refractivity contribution in [1.29, 1.82) is 0 Å². The molecule has 0 spiro atoms. The zero-order valence-electron chi connectivity index (χ0n) is 15.4. The van der Waals surface area contributed by atoms with Gasteiger partial charge < -0.3 is 10.1 Å². The van der Waals surface area contributed by atoms with Crippen LogP contribution in [0.4, 0.5) is 5.69 Å². The molecule has 1 heterocycles. The van der Waals surface area contributed by atoms with Crippen molar-refractivity contribution >= 4 is 21.4 Å². The van der Waals surface area contributed by atoms with Crippen LogP contribution >= 0.6 is 0 Å². The monoisotopic (exact) mass is 399 g/mol. The van der Waals surface area contributed by atoms with Crippen LogP contribution in [0.1, 0.15) is 17.3 Å². The molecule has 3 aromatic rings. The van der Waals surface area contributed by atoms with E-state index in [0.717, 1.165) is 0 Å². The minimum absolute atomic E-state index is 0.0293. The first-order chi connectivity index (χ1) is 13.5. The van der Waals surface area contributed by atoms with Gasteiger partial charge in [0.2, 0.25) is 0 Å². The normalized spacial score (nSPS) is 11.2. The van der Waals surface area contributed by atoms with Gasteiger partial charge in [-0.25, -0.2) is 8.42 Å². The third-order valence-corrected chi connectivity index (χ3v) is 5.87. The molecule has 28 heavy (non-hydrogen) atoms. The van der Waals surface area contributed by atoms with Crippen molar-refractivity contribution in [1.82, 2.24) is 9.78 Å². The Morgan fingerprint density at radius 2 is 1.96 bits per heavy atom. The average Bonchev–Trinajstić information content (AvgIpc) is 3.22. The van der Waals surface area contributed by atoms with Gasteiger partial charge in [0.05, 0.1) is 22.8 Å². The van der Waals surface area contributed by atoms with Crippen LogP contribution in [0.3, 0.4) is 0 Å². The number of rotatable bonds is 8. The maximum Gasteiger partial charge on any atom is 0.256 e. The first-order valence-corrected chi connectivity index (χ1v) is 10.5. The molecule has 0 unspecified atom stereocenters. The number of anilines is 1. The third kappa shape index (κ3) is 4.77. The van der Waals surface area contributed by atoms with Gasteiger partial charge in [-0.05, 0) is 30.3 Å². The van der Waals surface area contributed by atoms with Gasteiger partial charge in [0.15, 0.2) is 9.84 Å². The summed E-state index contributed by atoms with van der Waals surface area (Å²) in [5.74, 6) is 0.0392. The highest BCUT2D eigenvalue weighted by molar-refractivity contribution is 7.91. The van der Waals surface area contributed by atoms with Crippen LogP contribution in [-0.2, 0) is 16.4 Å². The van der Waals surface area contributed by atoms with Crippen LogP contribution in [-0.4, -0.2) is 36.5 Å². The molecule has 0 aliphatic carbocycles. The summed E-state index contributed by atoms with van der Waals surface area (Å²) >= 11 is 0. The van der Waals surface area contributed by atoms with E-state index in [1.165, 1.54) is 12.1 Å². The van der Waals surface area contributed by atoms with E-state index in [2.05, 4.69) is 10.4 Å². The van der Waals surface area contributed by atoms with E-state index in [0.29, 0.717) is 24.6 Å². The first-order valence-electron chi connectivity index (χ1n) is 8.83. The van der Waals surface area contributed by atoms with Crippen molar-refractivity contribution in [3.05, 3.63) is 72.6 Å². The number of amides is 1. The number of aromatic nitrogens is 2. The molecule has 0 saturated heterocycles. The number of benzene rings is 2. The number of ether oxygens (including phenoxy) is 1. The molecule has 0 radical (unpaired) electrons. The topological polar surface area (TPSA) is 90.3 Å². The summed E-state index contributed by atoms with van der Waals surface area (Å²) in [5.41, 5.74) is 0.639. The fourth-order valence-corrected chi connectivity index (χ4v) is 3.73. The van der Waals surface area contributed by atoms with E-state index in [-0.39, 0.29) is 16.2 Å². The number of carbonyl (C=O) groups excluding carboxylic acids is 1. The molecular weight excluding hydrogens is 378 g/mol. The number of nitrogens with one attached hydrogen (secondary N) is 1. The zero-order valence-corrected chi connectivity index (χ0v) is 16.2. The van der Waals surface area contributed by atoms with Gasteiger partial charge in [-0.2, -0.15) is 5.10 Å². The summed E-state index contributed by atoms with van der Waals surface area (Å²) in [6, 6.07) is 15.0. The second-order valence-corrected chi connectivity index (χ2v) is 8.25. The summed E-state index contributed by atoms with van der Waals surface area (Å²) in [4.78, 5) is 12.7. The van der Waals surface area contributed by atoms with Crippen molar-refractivity contribution in [2.24, 2.45) is 0 Å². The Labute approximate surface area is 163 Å². The van der Waals surface area contributed by atoms with Gasteiger partial charge in [0.25, 0.3) is 5.91 Å². The van der Waals surface area contributed by atoms with Crippen LogP contribution in [0.2, 0.25) is 0 Å². The summed E-state index contributed by atoms with van der Waals surface area (Å²) < 4.78 is 31.9. The van der Waals surface area contributed by atoms with Crippen LogP contribution in [0.5, 0.6) is 5.75 Å². The molecule has 146 valence electrons. The second-order valence-electron chi connectivity index (χ2n) is 6.00. The Morgan fingerprint density at radius 1 is 1.14 bits per heavy atom. The molecule has 8 heteroatoms. The number of hydrogen-bond donors (Lipinski definition) is 1. The molecule has 1 aromatic heterocycles. The van der Waals surface area contributed by atoms with Gasteiger partial charge in [0.1, 0.15) is 12.4 Å². The van der Waals surface area contributed by atoms with E-state index in [9.17, 15) is 13.2 Å². The fourth-order valence-electron chi connectivity index (χ4n) is 2.63. The molecule has 0 bridgehead atoms. The van der Waals surface area contributed by atoms with E-state index in [4.69, 9.17) is 4.74 Å². The molecular formula is C20H21N3O4S. The van der Waals surface area contributed by atoms with Gasteiger partial charge in [-0.3, -0.25) is 9.48 Å². The van der Waals surface area contributed by atoms with Gasteiger partial charge in [-0.15, -0.1) is 0 Å². The SMILES string of the molecule is CCS(=O)(=O)c1ccccc1C(=O)Nc1cccc(OCCn2cccn2)c1. The highest BCUT2D eigenvalue weighted by atomic mass is 32.2. The predicted octanol–water partition coefficient (Wildman–Crippen LogP) is 3.01. The molecule has 3 rings (SSSR count). The molecule has 1 amide bonds. The minimum Gasteiger partial charge on any atom is -0.492 e. The van der Waals surface area contributed by atoms with Crippen LogP contribution in [0.25, 0.3) is 0 Å². The lowest BCUT2D eigenvalue weighted by atomic mass is 10.2. The molecule has 7 nitrogen and oxygen atoms in total. The Bertz CT molecular complexity index is 1050. The molecule has 0 fully saturated rings. The second kappa shape index (κ2) is 8.71.